The molecule has 0 aromatic carbocycles. The van der Waals surface area contributed by atoms with Gasteiger partial charge in [0.2, 0.25) is 0 Å². The smallest absolute Gasteiger partial charge is 0.103 e. The molecule has 0 atom stereocenters. The number of nitrogens with zero attached hydrogens (tertiary/aromatic N) is 3. The molecule has 1 saturated heterocycles. The third-order valence-electron chi connectivity index (χ3n) is 3.82. The third-order valence-corrected chi connectivity index (χ3v) is 3.82. The van der Waals surface area contributed by atoms with Crippen LogP contribution in [-0.4, -0.2) is 48.1 Å². The molecule has 1 aliphatic rings. The van der Waals surface area contributed by atoms with Crippen molar-refractivity contribution in [1.82, 2.24) is 9.80 Å². The largest absolute Gasteiger partial charge is 0.301 e. The summed E-state index contributed by atoms with van der Waals surface area (Å²) < 4.78 is 0. The summed E-state index contributed by atoms with van der Waals surface area (Å²) in [5.74, 6) is 0. The Balaban J connectivity index is 2.16. The van der Waals surface area contributed by atoms with E-state index in [4.69, 9.17) is 5.26 Å². The Morgan fingerprint density at radius 3 is 2.39 bits per heavy atom. The van der Waals surface area contributed by atoms with Gasteiger partial charge in [-0.3, -0.25) is 4.90 Å². The van der Waals surface area contributed by atoms with Crippen LogP contribution in [0.15, 0.2) is 12.7 Å². The van der Waals surface area contributed by atoms with Crippen LogP contribution in [0.3, 0.4) is 0 Å². The van der Waals surface area contributed by atoms with Gasteiger partial charge in [0.25, 0.3) is 0 Å². The lowest BCUT2D eigenvalue weighted by atomic mass is 10.0. The first-order valence-corrected chi connectivity index (χ1v) is 7.09. The summed E-state index contributed by atoms with van der Waals surface area (Å²) >= 11 is 0. The fourth-order valence-electron chi connectivity index (χ4n) is 2.40. The van der Waals surface area contributed by atoms with Crippen LogP contribution in [0.2, 0.25) is 0 Å². The highest BCUT2D eigenvalue weighted by Crippen LogP contribution is 2.16. The fourth-order valence-corrected chi connectivity index (χ4v) is 2.40. The van der Waals surface area contributed by atoms with E-state index in [1.165, 1.54) is 25.8 Å². The van der Waals surface area contributed by atoms with Gasteiger partial charge < -0.3 is 4.90 Å². The van der Waals surface area contributed by atoms with Crippen LogP contribution in [0, 0.1) is 11.3 Å². The molecule has 18 heavy (non-hydrogen) atoms. The van der Waals surface area contributed by atoms with Gasteiger partial charge in [-0.05, 0) is 39.7 Å². The number of hydrogen-bond acceptors (Lipinski definition) is 3. The molecule has 1 fully saturated rings. The van der Waals surface area contributed by atoms with Crippen molar-refractivity contribution in [2.24, 2.45) is 0 Å². The van der Waals surface area contributed by atoms with E-state index in [0.717, 1.165) is 32.6 Å². The molecule has 3 heteroatoms. The van der Waals surface area contributed by atoms with Crippen molar-refractivity contribution in [2.75, 3.05) is 32.7 Å². The van der Waals surface area contributed by atoms with E-state index in [0.29, 0.717) is 0 Å². The van der Waals surface area contributed by atoms with Crippen molar-refractivity contribution in [2.45, 2.75) is 45.1 Å². The number of rotatable bonds is 7. The molecule has 0 spiro atoms. The zero-order valence-corrected chi connectivity index (χ0v) is 12.0. The zero-order chi connectivity index (χ0) is 13.4. The molecule has 0 aromatic heterocycles. The predicted molar refractivity (Wildman–Crippen MR) is 76.4 cm³/mol. The molecule has 1 heterocycles. The predicted octanol–water partition coefficient (Wildman–Crippen LogP) is 2.65. The van der Waals surface area contributed by atoms with Gasteiger partial charge in [-0.15, -0.1) is 6.58 Å². The summed E-state index contributed by atoms with van der Waals surface area (Å²) in [5.41, 5.74) is -0.309. The van der Waals surface area contributed by atoms with E-state index in [9.17, 15) is 0 Å². The Hall–Kier alpha value is -0.850. The highest BCUT2D eigenvalue weighted by molar-refractivity contribution is 5.02. The molecular weight excluding hydrogens is 222 g/mol. The Labute approximate surface area is 112 Å². The molecule has 102 valence electrons. The first kappa shape index (κ1) is 15.2. The third kappa shape index (κ3) is 4.80. The molecule has 1 aliphatic heterocycles. The summed E-state index contributed by atoms with van der Waals surface area (Å²) in [6.45, 7) is 13.2. The second-order valence-electron chi connectivity index (χ2n) is 5.64. The maximum atomic E-state index is 9.12. The van der Waals surface area contributed by atoms with Gasteiger partial charge in [-0.25, -0.2) is 0 Å². The number of unbranched alkanes of at least 4 members (excludes halogenated alkanes) is 3. The molecule has 0 bridgehead atoms. The zero-order valence-electron chi connectivity index (χ0n) is 12.0. The van der Waals surface area contributed by atoms with E-state index in [1.54, 1.807) is 0 Å². The van der Waals surface area contributed by atoms with Crippen molar-refractivity contribution in [1.29, 1.82) is 5.26 Å². The van der Waals surface area contributed by atoms with E-state index >= 15 is 0 Å². The molecule has 0 saturated carbocycles. The summed E-state index contributed by atoms with van der Waals surface area (Å²) in [7, 11) is 0. The minimum Gasteiger partial charge on any atom is -0.301 e. The summed E-state index contributed by atoms with van der Waals surface area (Å²) in [5, 5.41) is 9.12. The van der Waals surface area contributed by atoms with Gasteiger partial charge in [-0.2, -0.15) is 5.26 Å². The first-order chi connectivity index (χ1) is 8.60. The van der Waals surface area contributed by atoms with Gasteiger partial charge in [0.05, 0.1) is 6.07 Å². The molecule has 0 aromatic rings. The fraction of sp³-hybridized carbons (Fsp3) is 0.800. The monoisotopic (exact) mass is 249 g/mol. The average molecular weight is 249 g/mol. The Morgan fingerprint density at radius 1 is 1.17 bits per heavy atom. The molecule has 0 radical (unpaired) electrons. The molecule has 0 N–H and O–H groups in total. The second-order valence-corrected chi connectivity index (χ2v) is 5.64. The lowest BCUT2D eigenvalue weighted by molar-refractivity contribution is 0.0792. The number of piperazine rings is 1. The van der Waals surface area contributed by atoms with E-state index in [2.05, 4.69) is 22.4 Å². The van der Waals surface area contributed by atoms with Gasteiger partial charge in [-0.1, -0.05) is 12.5 Å². The van der Waals surface area contributed by atoms with Gasteiger partial charge in [0.1, 0.15) is 5.54 Å². The summed E-state index contributed by atoms with van der Waals surface area (Å²) in [4.78, 5) is 4.82. The lowest BCUT2D eigenvalue weighted by Crippen LogP contribution is -2.54. The van der Waals surface area contributed by atoms with Crippen LogP contribution in [-0.2, 0) is 0 Å². The van der Waals surface area contributed by atoms with Crippen LogP contribution >= 0.6 is 0 Å². The van der Waals surface area contributed by atoms with Crippen molar-refractivity contribution >= 4 is 0 Å². The van der Waals surface area contributed by atoms with Crippen LogP contribution in [0.4, 0.5) is 0 Å². The Kier molecular flexibility index (Phi) is 6.38. The van der Waals surface area contributed by atoms with Crippen LogP contribution < -0.4 is 0 Å². The topological polar surface area (TPSA) is 30.3 Å². The summed E-state index contributed by atoms with van der Waals surface area (Å²) in [6, 6.07) is 2.39. The van der Waals surface area contributed by atoms with Crippen molar-refractivity contribution < 1.29 is 0 Å². The molecule has 0 unspecified atom stereocenters. The minimum absolute atomic E-state index is 0.309. The molecule has 0 aliphatic carbocycles. The quantitative estimate of drug-likeness (QED) is 0.513. The standard InChI is InChI=1S/C15H27N3/c1-4-5-6-7-8-9-17-10-12-18(13-11-17)15(2,3)14-16/h4H,1,5-13H2,2-3H3. The number of allylic oxidation sites excluding steroid dienone is 1. The number of hydrogen-bond donors (Lipinski definition) is 0. The van der Waals surface area contributed by atoms with Gasteiger partial charge in [0.15, 0.2) is 0 Å². The summed E-state index contributed by atoms with van der Waals surface area (Å²) in [6.07, 6.45) is 7.00. The second kappa shape index (κ2) is 7.56. The minimum atomic E-state index is -0.309. The van der Waals surface area contributed by atoms with Crippen LogP contribution in [0.1, 0.15) is 39.5 Å². The average Bonchev–Trinajstić information content (AvgIpc) is 2.39. The maximum Gasteiger partial charge on any atom is 0.103 e. The van der Waals surface area contributed by atoms with Crippen molar-refractivity contribution in [3.63, 3.8) is 0 Å². The van der Waals surface area contributed by atoms with Crippen molar-refractivity contribution in [3.05, 3.63) is 12.7 Å². The lowest BCUT2D eigenvalue weighted by Gasteiger charge is -2.40. The highest BCUT2D eigenvalue weighted by Gasteiger charge is 2.29. The van der Waals surface area contributed by atoms with Gasteiger partial charge >= 0.3 is 0 Å². The van der Waals surface area contributed by atoms with Crippen LogP contribution in [0.25, 0.3) is 0 Å². The first-order valence-electron chi connectivity index (χ1n) is 7.09. The highest BCUT2D eigenvalue weighted by atomic mass is 15.3. The van der Waals surface area contributed by atoms with E-state index in [-0.39, 0.29) is 5.54 Å². The van der Waals surface area contributed by atoms with Crippen LogP contribution in [0.5, 0.6) is 0 Å². The van der Waals surface area contributed by atoms with Crippen molar-refractivity contribution in [3.8, 4) is 6.07 Å². The van der Waals surface area contributed by atoms with E-state index in [1.807, 2.05) is 19.9 Å². The SMILES string of the molecule is C=CCCCCCN1CCN(C(C)(C)C#N)CC1. The molecule has 1 rings (SSSR count). The van der Waals surface area contributed by atoms with E-state index < -0.39 is 0 Å². The Bertz CT molecular complexity index is 283. The maximum absolute atomic E-state index is 9.12. The molecule has 3 nitrogen and oxygen atoms in total. The molecule has 0 amide bonds. The normalized spacial score (nSPS) is 18.5. The Morgan fingerprint density at radius 2 is 1.83 bits per heavy atom. The van der Waals surface area contributed by atoms with Gasteiger partial charge in [0, 0.05) is 26.2 Å². The molecular formula is C15H27N3. The number of nitriles is 1.